The third-order valence-corrected chi connectivity index (χ3v) is 4.24. The van der Waals surface area contributed by atoms with E-state index in [0.717, 1.165) is 6.54 Å². The number of rotatable bonds is 6. The summed E-state index contributed by atoms with van der Waals surface area (Å²) in [5.74, 6) is 0.968. The molecule has 1 aromatic heterocycles. The zero-order valence-corrected chi connectivity index (χ0v) is 12.9. The number of aromatic nitrogens is 2. The van der Waals surface area contributed by atoms with Crippen LogP contribution >= 0.6 is 11.6 Å². The second-order valence-electron chi connectivity index (χ2n) is 5.34. The van der Waals surface area contributed by atoms with Gasteiger partial charge in [0.2, 0.25) is 0 Å². The Labute approximate surface area is 125 Å². The fourth-order valence-electron chi connectivity index (χ4n) is 2.67. The van der Waals surface area contributed by atoms with Gasteiger partial charge in [-0.3, -0.25) is 4.90 Å². The molecule has 2 heterocycles. The Hall–Kier alpha value is -1.07. The molecule has 0 spiro atoms. The van der Waals surface area contributed by atoms with E-state index in [0.29, 0.717) is 22.7 Å². The van der Waals surface area contributed by atoms with Gasteiger partial charge in [0.1, 0.15) is 17.2 Å². The van der Waals surface area contributed by atoms with Gasteiger partial charge in [-0.2, -0.15) is 0 Å². The van der Waals surface area contributed by atoms with Crippen molar-refractivity contribution in [2.45, 2.75) is 45.1 Å². The van der Waals surface area contributed by atoms with Crippen molar-refractivity contribution < 1.29 is 0 Å². The first-order chi connectivity index (χ1) is 9.72. The summed E-state index contributed by atoms with van der Waals surface area (Å²) in [5.41, 5.74) is 5.69. The number of piperidine rings is 1. The lowest BCUT2D eigenvalue weighted by atomic mass is 10.0. The molecule has 2 rings (SSSR count). The Kier molecular flexibility index (Phi) is 5.86. The molecule has 1 aliphatic rings. The molecule has 6 heteroatoms. The van der Waals surface area contributed by atoms with E-state index in [1.54, 1.807) is 0 Å². The third kappa shape index (κ3) is 3.96. The number of nitrogens with two attached hydrogens (primary N) is 1. The zero-order valence-electron chi connectivity index (χ0n) is 12.1. The fraction of sp³-hybridized carbons (Fsp3) is 0.714. The van der Waals surface area contributed by atoms with E-state index >= 15 is 0 Å². The predicted octanol–water partition coefficient (Wildman–Crippen LogP) is 2.78. The molecule has 0 bridgehead atoms. The van der Waals surface area contributed by atoms with Crippen molar-refractivity contribution in [1.29, 1.82) is 0 Å². The first-order valence-electron chi connectivity index (χ1n) is 7.46. The number of likely N-dealkylation sites (tertiary alicyclic amines) is 1. The standard InChI is InChI=1S/C14H24ClN5/c1-2-3-7-20-8-5-4-6-11(20)9-17-14-12(15)13(16)18-10-19-14/h10-11H,2-9H2,1H3,(H3,16,17,18,19). The van der Waals surface area contributed by atoms with Gasteiger partial charge in [-0.1, -0.05) is 31.4 Å². The van der Waals surface area contributed by atoms with E-state index in [2.05, 4.69) is 27.1 Å². The van der Waals surface area contributed by atoms with Crippen molar-refractivity contribution in [3.05, 3.63) is 11.3 Å². The summed E-state index contributed by atoms with van der Waals surface area (Å²) in [6, 6.07) is 0.558. The van der Waals surface area contributed by atoms with Gasteiger partial charge < -0.3 is 11.1 Å². The SMILES string of the molecule is CCCCN1CCCCC1CNc1ncnc(N)c1Cl. The predicted molar refractivity (Wildman–Crippen MR) is 84.1 cm³/mol. The lowest BCUT2D eigenvalue weighted by Crippen LogP contribution is -2.44. The molecule has 3 N–H and O–H groups in total. The van der Waals surface area contributed by atoms with E-state index in [1.807, 2.05) is 0 Å². The second-order valence-corrected chi connectivity index (χ2v) is 5.72. The average molecular weight is 298 g/mol. The van der Waals surface area contributed by atoms with E-state index < -0.39 is 0 Å². The Morgan fingerprint density at radius 2 is 2.30 bits per heavy atom. The molecule has 0 aromatic carbocycles. The van der Waals surface area contributed by atoms with Gasteiger partial charge in [0.15, 0.2) is 5.82 Å². The molecule has 1 atom stereocenters. The first kappa shape index (κ1) is 15.3. The van der Waals surface area contributed by atoms with Gasteiger partial charge in [-0.25, -0.2) is 9.97 Å². The second kappa shape index (κ2) is 7.64. The summed E-state index contributed by atoms with van der Waals surface area (Å²) < 4.78 is 0. The molecule has 5 nitrogen and oxygen atoms in total. The highest BCUT2D eigenvalue weighted by molar-refractivity contribution is 6.35. The van der Waals surface area contributed by atoms with Gasteiger partial charge in [-0.15, -0.1) is 0 Å². The number of hydrogen-bond acceptors (Lipinski definition) is 5. The van der Waals surface area contributed by atoms with Crippen molar-refractivity contribution in [1.82, 2.24) is 14.9 Å². The number of halogens is 1. The highest BCUT2D eigenvalue weighted by Gasteiger charge is 2.22. The number of nitrogens with zero attached hydrogens (tertiary/aromatic N) is 3. The van der Waals surface area contributed by atoms with Crippen LogP contribution in [0.15, 0.2) is 6.33 Å². The number of hydrogen-bond donors (Lipinski definition) is 2. The molecule has 1 aromatic rings. The summed E-state index contributed by atoms with van der Waals surface area (Å²) in [6.07, 6.45) is 7.78. The summed E-state index contributed by atoms with van der Waals surface area (Å²) in [5, 5.41) is 3.74. The summed E-state index contributed by atoms with van der Waals surface area (Å²) in [6.45, 7) is 5.48. The minimum Gasteiger partial charge on any atom is -0.382 e. The molecule has 112 valence electrons. The van der Waals surface area contributed by atoms with Crippen molar-refractivity contribution >= 4 is 23.2 Å². The van der Waals surface area contributed by atoms with Crippen LogP contribution in [0.3, 0.4) is 0 Å². The Morgan fingerprint density at radius 3 is 3.10 bits per heavy atom. The first-order valence-corrected chi connectivity index (χ1v) is 7.84. The molecular formula is C14H24ClN5. The minimum atomic E-state index is 0.329. The van der Waals surface area contributed by atoms with Gasteiger partial charge in [0.05, 0.1) is 0 Å². The molecule has 0 aliphatic carbocycles. The van der Waals surface area contributed by atoms with E-state index in [-0.39, 0.29) is 0 Å². The molecule has 1 fully saturated rings. The lowest BCUT2D eigenvalue weighted by Gasteiger charge is -2.36. The van der Waals surface area contributed by atoms with E-state index in [4.69, 9.17) is 17.3 Å². The van der Waals surface area contributed by atoms with Crippen LogP contribution in [0.4, 0.5) is 11.6 Å². The summed E-state index contributed by atoms with van der Waals surface area (Å²) in [4.78, 5) is 10.6. The van der Waals surface area contributed by atoms with Crippen LogP contribution in [0.1, 0.15) is 39.0 Å². The summed E-state index contributed by atoms with van der Waals surface area (Å²) in [7, 11) is 0. The quantitative estimate of drug-likeness (QED) is 0.845. The van der Waals surface area contributed by atoms with Gasteiger partial charge >= 0.3 is 0 Å². The Morgan fingerprint density at radius 1 is 1.45 bits per heavy atom. The van der Waals surface area contributed by atoms with Gasteiger partial charge in [0.25, 0.3) is 0 Å². The minimum absolute atomic E-state index is 0.329. The molecule has 1 unspecified atom stereocenters. The number of nitrogens with one attached hydrogen (secondary N) is 1. The van der Waals surface area contributed by atoms with Crippen molar-refractivity contribution in [2.24, 2.45) is 0 Å². The molecule has 0 amide bonds. The normalized spacial score (nSPS) is 20.0. The molecule has 1 saturated heterocycles. The maximum Gasteiger partial charge on any atom is 0.150 e. The highest BCUT2D eigenvalue weighted by atomic mass is 35.5. The Balaban J connectivity index is 1.92. The zero-order chi connectivity index (χ0) is 14.4. The van der Waals surface area contributed by atoms with E-state index in [9.17, 15) is 0 Å². The van der Waals surface area contributed by atoms with Crippen LogP contribution in [0.25, 0.3) is 0 Å². The smallest absolute Gasteiger partial charge is 0.150 e. The van der Waals surface area contributed by atoms with Gasteiger partial charge in [0, 0.05) is 12.6 Å². The lowest BCUT2D eigenvalue weighted by molar-refractivity contribution is 0.154. The van der Waals surface area contributed by atoms with Crippen LogP contribution < -0.4 is 11.1 Å². The largest absolute Gasteiger partial charge is 0.382 e. The van der Waals surface area contributed by atoms with E-state index in [1.165, 1.54) is 51.5 Å². The van der Waals surface area contributed by atoms with Crippen LogP contribution in [0.5, 0.6) is 0 Å². The monoisotopic (exact) mass is 297 g/mol. The van der Waals surface area contributed by atoms with Crippen LogP contribution in [0.2, 0.25) is 5.02 Å². The fourth-order valence-corrected chi connectivity index (χ4v) is 2.83. The average Bonchev–Trinajstić information content (AvgIpc) is 2.47. The van der Waals surface area contributed by atoms with Crippen LogP contribution in [-0.2, 0) is 0 Å². The maximum atomic E-state index is 6.10. The molecule has 0 saturated carbocycles. The van der Waals surface area contributed by atoms with Crippen LogP contribution in [0, 0.1) is 0 Å². The number of anilines is 2. The maximum absolute atomic E-state index is 6.10. The molecule has 1 aliphatic heterocycles. The van der Waals surface area contributed by atoms with Gasteiger partial charge in [-0.05, 0) is 32.4 Å². The highest BCUT2D eigenvalue weighted by Crippen LogP contribution is 2.24. The number of nitrogen functional groups attached to an aromatic ring is 1. The van der Waals surface area contributed by atoms with Crippen molar-refractivity contribution in [2.75, 3.05) is 30.7 Å². The van der Waals surface area contributed by atoms with Crippen molar-refractivity contribution in [3.8, 4) is 0 Å². The van der Waals surface area contributed by atoms with Crippen molar-refractivity contribution in [3.63, 3.8) is 0 Å². The molecule has 0 radical (unpaired) electrons. The molecule has 20 heavy (non-hydrogen) atoms. The topological polar surface area (TPSA) is 67.1 Å². The third-order valence-electron chi connectivity index (χ3n) is 3.87. The Bertz CT molecular complexity index is 426. The molecular weight excluding hydrogens is 274 g/mol. The summed E-state index contributed by atoms with van der Waals surface area (Å²) >= 11 is 6.10. The number of unbranched alkanes of at least 4 members (excludes halogenated alkanes) is 1. The van der Waals surface area contributed by atoms with Crippen LogP contribution in [-0.4, -0.2) is 40.5 Å².